The predicted octanol–water partition coefficient (Wildman–Crippen LogP) is 3.16. The molecule has 0 radical (unpaired) electrons. The first kappa shape index (κ1) is 14.3. The molecule has 0 unspecified atom stereocenters. The number of aromatic nitrogens is 2. The molecule has 0 amide bonds. The van der Waals surface area contributed by atoms with E-state index >= 15 is 0 Å². The summed E-state index contributed by atoms with van der Waals surface area (Å²) in [4.78, 5) is 4.78. The van der Waals surface area contributed by atoms with Crippen LogP contribution in [0.4, 0.5) is 4.39 Å². The second-order valence-electron chi connectivity index (χ2n) is 6.19. The number of hydrogen-bond acceptors (Lipinski definition) is 2. The summed E-state index contributed by atoms with van der Waals surface area (Å²) in [5, 5.41) is 3.35. The average Bonchev–Trinajstić information content (AvgIpc) is 2.76. The van der Waals surface area contributed by atoms with Crippen LogP contribution in [0.25, 0.3) is 5.69 Å². The first-order chi connectivity index (χ1) is 10.1. The third-order valence-electron chi connectivity index (χ3n) is 3.96. The Balaban J connectivity index is 2.22. The summed E-state index contributed by atoms with van der Waals surface area (Å²) in [6.07, 6.45) is 1.76. The standard InChI is InChI=1S/C17H22FN3/c1-11(2)9-16-20-14-10-19-8-7-15(14)21(16)17-12(3)5-4-6-13(17)18/h4-6,11,19H,7-10H2,1-3H3. The number of aryl methyl sites for hydroxylation is 1. The highest BCUT2D eigenvalue weighted by atomic mass is 19.1. The summed E-state index contributed by atoms with van der Waals surface area (Å²) in [5.41, 5.74) is 3.86. The zero-order chi connectivity index (χ0) is 15.0. The van der Waals surface area contributed by atoms with Crippen LogP contribution in [-0.4, -0.2) is 16.1 Å². The van der Waals surface area contributed by atoms with Crippen LogP contribution < -0.4 is 5.32 Å². The molecule has 0 fully saturated rings. The monoisotopic (exact) mass is 287 g/mol. The van der Waals surface area contributed by atoms with Gasteiger partial charge in [-0.1, -0.05) is 26.0 Å². The molecule has 1 N–H and O–H groups in total. The molecule has 4 heteroatoms. The molecular formula is C17H22FN3. The van der Waals surface area contributed by atoms with Crippen molar-refractivity contribution in [3.63, 3.8) is 0 Å². The van der Waals surface area contributed by atoms with Crippen molar-refractivity contribution in [2.24, 2.45) is 5.92 Å². The summed E-state index contributed by atoms with van der Waals surface area (Å²) in [6.45, 7) is 8.01. The zero-order valence-electron chi connectivity index (χ0n) is 12.9. The smallest absolute Gasteiger partial charge is 0.147 e. The van der Waals surface area contributed by atoms with Gasteiger partial charge in [0.05, 0.1) is 11.4 Å². The van der Waals surface area contributed by atoms with E-state index in [9.17, 15) is 4.39 Å². The lowest BCUT2D eigenvalue weighted by atomic mass is 10.1. The van der Waals surface area contributed by atoms with Crippen molar-refractivity contribution in [3.05, 3.63) is 46.8 Å². The zero-order valence-corrected chi connectivity index (χ0v) is 12.9. The minimum absolute atomic E-state index is 0.168. The maximum absolute atomic E-state index is 14.4. The van der Waals surface area contributed by atoms with Crippen LogP contribution in [0.1, 0.15) is 36.6 Å². The van der Waals surface area contributed by atoms with E-state index in [0.717, 1.165) is 48.7 Å². The third kappa shape index (κ3) is 2.60. The van der Waals surface area contributed by atoms with Gasteiger partial charge in [-0.05, 0) is 24.5 Å². The Hall–Kier alpha value is -1.68. The Kier molecular flexibility index (Phi) is 3.81. The lowest BCUT2D eigenvalue weighted by Gasteiger charge is -2.18. The molecule has 0 spiro atoms. The maximum atomic E-state index is 14.4. The van der Waals surface area contributed by atoms with E-state index in [4.69, 9.17) is 4.98 Å². The summed E-state index contributed by atoms with van der Waals surface area (Å²) in [7, 11) is 0. The lowest BCUT2D eigenvalue weighted by Crippen LogP contribution is -2.25. The number of para-hydroxylation sites is 1. The highest BCUT2D eigenvalue weighted by molar-refractivity contribution is 5.45. The minimum atomic E-state index is -0.168. The van der Waals surface area contributed by atoms with Crippen molar-refractivity contribution >= 4 is 0 Å². The molecule has 1 aliphatic rings. The summed E-state index contributed by atoms with van der Waals surface area (Å²) < 4.78 is 16.5. The first-order valence-corrected chi connectivity index (χ1v) is 7.63. The van der Waals surface area contributed by atoms with Gasteiger partial charge in [-0.2, -0.15) is 0 Å². The van der Waals surface area contributed by atoms with Gasteiger partial charge >= 0.3 is 0 Å². The number of rotatable bonds is 3. The fraction of sp³-hybridized carbons (Fsp3) is 0.471. The number of imidazole rings is 1. The molecule has 0 aliphatic carbocycles. The number of nitrogens with one attached hydrogen (secondary N) is 1. The molecule has 2 aromatic rings. The molecule has 1 aromatic carbocycles. The van der Waals surface area contributed by atoms with Gasteiger partial charge in [0, 0.05) is 31.6 Å². The molecule has 1 aromatic heterocycles. The molecule has 0 bridgehead atoms. The summed E-state index contributed by atoms with van der Waals surface area (Å²) in [6, 6.07) is 5.27. The van der Waals surface area contributed by atoms with E-state index in [-0.39, 0.29) is 5.82 Å². The number of hydrogen-bond donors (Lipinski definition) is 1. The highest BCUT2D eigenvalue weighted by Crippen LogP contribution is 2.27. The summed E-state index contributed by atoms with van der Waals surface area (Å²) >= 11 is 0. The molecule has 3 rings (SSSR count). The number of fused-ring (bicyclic) bond motifs is 1. The predicted molar refractivity (Wildman–Crippen MR) is 82.2 cm³/mol. The molecule has 3 nitrogen and oxygen atoms in total. The van der Waals surface area contributed by atoms with Crippen LogP contribution in [0, 0.1) is 18.7 Å². The molecular weight excluding hydrogens is 265 g/mol. The molecule has 0 atom stereocenters. The van der Waals surface area contributed by atoms with E-state index in [1.54, 1.807) is 6.07 Å². The minimum Gasteiger partial charge on any atom is -0.311 e. The van der Waals surface area contributed by atoms with E-state index in [1.165, 1.54) is 6.07 Å². The van der Waals surface area contributed by atoms with Gasteiger partial charge in [0.25, 0.3) is 0 Å². The van der Waals surface area contributed by atoms with Crippen molar-refractivity contribution in [2.75, 3.05) is 6.54 Å². The lowest BCUT2D eigenvalue weighted by molar-refractivity contribution is 0.582. The second-order valence-corrected chi connectivity index (χ2v) is 6.19. The third-order valence-corrected chi connectivity index (χ3v) is 3.96. The van der Waals surface area contributed by atoms with Gasteiger partial charge in [0.2, 0.25) is 0 Å². The van der Waals surface area contributed by atoms with Crippen molar-refractivity contribution in [1.29, 1.82) is 0 Å². The van der Waals surface area contributed by atoms with Crippen LogP contribution >= 0.6 is 0 Å². The topological polar surface area (TPSA) is 29.9 Å². The molecule has 1 aliphatic heterocycles. The highest BCUT2D eigenvalue weighted by Gasteiger charge is 2.23. The van der Waals surface area contributed by atoms with Gasteiger partial charge in [0.1, 0.15) is 11.6 Å². The number of benzene rings is 1. The maximum Gasteiger partial charge on any atom is 0.147 e. The van der Waals surface area contributed by atoms with Crippen molar-refractivity contribution in [3.8, 4) is 5.69 Å². The van der Waals surface area contributed by atoms with Crippen LogP contribution in [0.5, 0.6) is 0 Å². The number of nitrogens with zero attached hydrogens (tertiary/aromatic N) is 2. The van der Waals surface area contributed by atoms with Crippen LogP contribution in [-0.2, 0) is 19.4 Å². The Morgan fingerprint density at radius 1 is 1.38 bits per heavy atom. The van der Waals surface area contributed by atoms with Crippen molar-refractivity contribution < 1.29 is 4.39 Å². The van der Waals surface area contributed by atoms with Crippen LogP contribution in [0.15, 0.2) is 18.2 Å². The Morgan fingerprint density at radius 2 is 2.19 bits per heavy atom. The molecule has 112 valence electrons. The Labute approximate surface area is 125 Å². The van der Waals surface area contributed by atoms with Gasteiger partial charge in [-0.3, -0.25) is 4.57 Å². The normalized spacial score (nSPS) is 14.5. The molecule has 0 saturated heterocycles. The Morgan fingerprint density at radius 3 is 2.90 bits per heavy atom. The molecule has 2 heterocycles. The van der Waals surface area contributed by atoms with Gasteiger partial charge in [-0.15, -0.1) is 0 Å². The van der Waals surface area contributed by atoms with Crippen molar-refractivity contribution in [2.45, 2.75) is 40.2 Å². The van der Waals surface area contributed by atoms with E-state index in [1.807, 2.05) is 13.0 Å². The van der Waals surface area contributed by atoms with Crippen LogP contribution in [0.2, 0.25) is 0 Å². The van der Waals surface area contributed by atoms with Gasteiger partial charge < -0.3 is 5.32 Å². The molecule has 21 heavy (non-hydrogen) atoms. The quantitative estimate of drug-likeness (QED) is 0.939. The number of halogens is 1. The molecule has 0 saturated carbocycles. The van der Waals surface area contributed by atoms with E-state index in [2.05, 4.69) is 23.7 Å². The van der Waals surface area contributed by atoms with E-state index < -0.39 is 0 Å². The second kappa shape index (κ2) is 5.60. The van der Waals surface area contributed by atoms with E-state index in [0.29, 0.717) is 11.6 Å². The summed E-state index contributed by atoms with van der Waals surface area (Å²) in [5.74, 6) is 1.30. The van der Waals surface area contributed by atoms with Crippen molar-refractivity contribution in [1.82, 2.24) is 14.9 Å². The van der Waals surface area contributed by atoms with Gasteiger partial charge in [0.15, 0.2) is 0 Å². The average molecular weight is 287 g/mol. The Bertz CT molecular complexity index is 638. The van der Waals surface area contributed by atoms with Crippen LogP contribution in [0.3, 0.4) is 0 Å². The largest absolute Gasteiger partial charge is 0.311 e. The van der Waals surface area contributed by atoms with Gasteiger partial charge in [-0.25, -0.2) is 9.37 Å². The SMILES string of the molecule is Cc1cccc(F)c1-n1c(CC(C)C)nc2c1CCNC2. The fourth-order valence-corrected chi connectivity index (χ4v) is 3.04. The first-order valence-electron chi connectivity index (χ1n) is 7.63. The fourth-order valence-electron chi connectivity index (χ4n) is 3.04.